The van der Waals surface area contributed by atoms with E-state index in [9.17, 15) is 4.79 Å². The summed E-state index contributed by atoms with van der Waals surface area (Å²) in [6.45, 7) is 0.408. The first-order valence-electron chi connectivity index (χ1n) is 4.98. The SMILES string of the molecule is Nc1cc(N)cc(C(=O)NCc2nccs2)c1. The number of hydrogen-bond donors (Lipinski definition) is 3. The van der Waals surface area contributed by atoms with E-state index in [0.717, 1.165) is 5.01 Å². The van der Waals surface area contributed by atoms with Gasteiger partial charge < -0.3 is 16.8 Å². The van der Waals surface area contributed by atoms with Crippen molar-refractivity contribution in [2.75, 3.05) is 11.5 Å². The van der Waals surface area contributed by atoms with Crippen molar-refractivity contribution < 1.29 is 4.79 Å². The molecule has 88 valence electrons. The number of carbonyl (C=O) groups is 1. The molecule has 0 atom stereocenters. The Labute approximate surface area is 102 Å². The number of aromatic nitrogens is 1. The Hall–Kier alpha value is -2.08. The molecule has 17 heavy (non-hydrogen) atoms. The molecule has 0 fully saturated rings. The summed E-state index contributed by atoms with van der Waals surface area (Å²) in [6.07, 6.45) is 1.70. The Balaban J connectivity index is 2.04. The van der Waals surface area contributed by atoms with Gasteiger partial charge >= 0.3 is 0 Å². The molecule has 0 saturated heterocycles. The van der Waals surface area contributed by atoms with Crippen molar-refractivity contribution in [3.05, 3.63) is 40.3 Å². The molecule has 0 unspecified atom stereocenters. The number of nitrogen functional groups attached to an aromatic ring is 2. The average Bonchev–Trinajstić information content (AvgIpc) is 2.77. The number of carbonyl (C=O) groups excluding carboxylic acids is 1. The van der Waals surface area contributed by atoms with Crippen molar-refractivity contribution in [2.24, 2.45) is 0 Å². The van der Waals surface area contributed by atoms with Crippen LogP contribution in [0.3, 0.4) is 0 Å². The van der Waals surface area contributed by atoms with Gasteiger partial charge in [-0.2, -0.15) is 0 Å². The molecule has 0 aliphatic rings. The van der Waals surface area contributed by atoms with Crippen LogP contribution in [0.25, 0.3) is 0 Å². The zero-order chi connectivity index (χ0) is 12.3. The number of nitrogens with zero attached hydrogens (tertiary/aromatic N) is 1. The van der Waals surface area contributed by atoms with Crippen LogP contribution < -0.4 is 16.8 Å². The van der Waals surface area contributed by atoms with E-state index in [4.69, 9.17) is 11.5 Å². The largest absolute Gasteiger partial charge is 0.399 e. The lowest BCUT2D eigenvalue weighted by atomic mass is 10.1. The molecular formula is C11H12N4OS. The Bertz CT molecular complexity index is 504. The van der Waals surface area contributed by atoms with Crippen molar-refractivity contribution in [1.82, 2.24) is 10.3 Å². The first-order chi connectivity index (χ1) is 8.15. The smallest absolute Gasteiger partial charge is 0.251 e. The van der Waals surface area contributed by atoms with Crippen LogP contribution in [0.1, 0.15) is 15.4 Å². The first kappa shape index (κ1) is 11.4. The Morgan fingerprint density at radius 1 is 1.29 bits per heavy atom. The van der Waals surface area contributed by atoms with Crippen molar-refractivity contribution in [1.29, 1.82) is 0 Å². The molecule has 1 amide bonds. The van der Waals surface area contributed by atoms with Gasteiger partial charge in [0.15, 0.2) is 0 Å². The van der Waals surface area contributed by atoms with E-state index in [1.807, 2.05) is 5.38 Å². The number of benzene rings is 1. The van der Waals surface area contributed by atoms with Crippen LogP contribution in [0.15, 0.2) is 29.8 Å². The van der Waals surface area contributed by atoms with Gasteiger partial charge in [-0.1, -0.05) is 0 Å². The summed E-state index contributed by atoms with van der Waals surface area (Å²) in [6, 6.07) is 4.79. The van der Waals surface area contributed by atoms with E-state index >= 15 is 0 Å². The van der Waals surface area contributed by atoms with Gasteiger partial charge in [-0.15, -0.1) is 11.3 Å². The highest BCUT2D eigenvalue weighted by molar-refractivity contribution is 7.09. The fourth-order valence-corrected chi connectivity index (χ4v) is 1.96. The molecule has 1 aromatic heterocycles. The van der Waals surface area contributed by atoms with Gasteiger partial charge in [0.2, 0.25) is 0 Å². The molecule has 6 heteroatoms. The zero-order valence-electron chi connectivity index (χ0n) is 9.01. The number of rotatable bonds is 3. The predicted octanol–water partition coefficient (Wildman–Crippen LogP) is 1.24. The van der Waals surface area contributed by atoms with E-state index in [1.54, 1.807) is 24.4 Å². The fourth-order valence-electron chi connectivity index (χ4n) is 1.41. The highest BCUT2D eigenvalue weighted by Crippen LogP contribution is 2.13. The predicted molar refractivity (Wildman–Crippen MR) is 68.6 cm³/mol. The van der Waals surface area contributed by atoms with Crippen LogP contribution in [0.5, 0.6) is 0 Å². The van der Waals surface area contributed by atoms with Crippen LogP contribution in [-0.4, -0.2) is 10.9 Å². The minimum atomic E-state index is -0.209. The number of nitrogens with two attached hydrogens (primary N) is 2. The number of amides is 1. The van der Waals surface area contributed by atoms with Gasteiger partial charge in [0.1, 0.15) is 5.01 Å². The Morgan fingerprint density at radius 3 is 2.59 bits per heavy atom. The van der Waals surface area contributed by atoms with E-state index < -0.39 is 0 Å². The molecule has 1 heterocycles. The van der Waals surface area contributed by atoms with Gasteiger partial charge in [0.25, 0.3) is 5.91 Å². The zero-order valence-corrected chi connectivity index (χ0v) is 9.83. The lowest BCUT2D eigenvalue weighted by Gasteiger charge is -2.05. The Morgan fingerprint density at radius 2 is 2.00 bits per heavy atom. The second-order valence-electron chi connectivity index (χ2n) is 3.50. The third-order valence-electron chi connectivity index (χ3n) is 2.12. The summed E-state index contributed by atoms with van der Waals surface area (Å²) in [5.41, 5.74) is 12.6. The highest BCUT2D eigenvalue weighted by Gasteiger charge is 2.07. The third kappa shape index (κ3) is 2.94. The monoisotopic (exact) mass is 248 g/mol. The maximum absolute atomic E-state index is 11.8. The van der Waals surface area contributed by atoms with Gasteiger partial charge in [0.05, 0.1) is 6.54 Å². The normalized spacial score (nSPS) is 10.1. The average molecular weight is 248 g/mol. The van der Waals surface area contributed by atoms with Crippen LogP contribution >= 0.6 is 11.3 Å². The maximum Gasteiger partial charge on any atom is 0.251 e. The quantitative estimate of drug-likeness (QED) is 0.712. The van der Waals surface area contributed by atoms with Gasteiger partial charge in [-0.3, -0.25) is 4.79 Å². The molecule has 0 saturated carbocycles. The maximum atomic E-state index is 11.8. The molecule has 1 aromatic carbocycles. The van der Waals surface area contributed by atoms with E-state index in [2.05, 4.69) is 10.3 Å². The second kappa shape index (κ2) is 4.84. The van der Waals surface area contributed by atoms with E-state index in [1.165, 1.54) is 11.3 Å². The van der Waals surface area contributed by atoms with Crippen molar-refractivity contribution in [2.45, 2.75) is 6.54 Å². The fraction of sp³-hybridized carbons (Fsp3) is 0.0909. The topological polar surface area (TPSA) is 94.0 Å². The summed E-state index contributed by atoms with van der Waals surface area (Å²) < 4.78 is 0. The molecule has 5 nitrogen and oxygen atoms in total. The van der Waals surface area contributed by atoms with Crippen LogP contribution in [0.4, 0.5) is 11.4 Å². The number of nitrogens with one attached hydrogen (secondary N) is 1. The lowest BCUT2D eigenvalue weighted by molar-refractivity contribution is 0.0951. The van der Waals surface area contributed by atoms with Crippen molar-refractivity contribution >= 4 is 28.6 Å². The van der Waals surface area contributed by atoms with E-state index in [0.29, 0.717) is 23.5 Å². The summed E-state index contributed by atoms with van der Waals surface area (Å²) >= 11 is 1.49. The molecule has 5 N–H and O–H groups in total. The van der Waals surface area contributed by atoms with E-state index in [-0.39, 0.29) is 5.91 Å². The molecule has 2 rings (SSSR count). The summed E-state index contributed by atoms with van der Waals surface area (Å²) in [5.74, 6) is -0.209. The van der Waals surface area contributed by atoms with Crippen LogP contribution in [0.2, 0.25) is 0 Å². The van der Waals surface area contributed by atoms with Gasteiger partial charge in [0, 0.05) is 28.5 Å². The lowest BCUT2D eigenvalue weighted by Crippen LogP contribution is -2.22. The molecule has 0 spiro atoms. The molecule has 2 aromatic rings. The number of thiazole rings is 1. The van der Waals surface area contributed by atoms with Gasteiger partial charge in [-0.25, -0.2) is 4.98 Å². The standard InChI is InChI=1S/C11H12N4OS/c12-8-3-7(4-9(13)5-8)11(16)15-6-10-14-1-2-17-10/h1-5H,6,12-13H2,(H,15,16). The van der Waals surface area contributed by atoms with Gasteiger partial charge in [-0.05, 0) is 18.2 Å². The molecule has 0 radical (unpaired) electrons. The second-order valence-corrected chi connectivity index (χ2v) is 4.48. The summed E-state index contributed by atoms with van der Waals surface area (Å²) in [7, 11) is 0. The molecule has 0 aliphatic carbocycles. The van der Waals surface area contributed by atoms with Crippen molar-refractivity contribution in [3.8, 4) is 0 Å². The number of hydrogen-bond acceptors (Lipinski definition) is 5. The highest BCUT2D eigenvalue weighted by atomic mass is 32.1. The first-order valence-corrected chi connectivity index (χ1v) is 5.86. The van der Waals surface area contributed by atoms with Crippen LogP contribution in [-0.2, 0) is 6.54 Å². The summed E-state index contributed by atoms with van der Waals surface area (Å²) in [4.78, 5) is 15.9. The molecule has 0 bridgehead atoms. The summed E-state index contributed by atoms with van der Waals surface area (Å²) in [5, 5.41) is 5.47. The molecular weight excluding hydrogens is 236 g/mol. The third-order valence-corrected chi connectivity index (χ3v) is 2.90. The van der Waals surface area contributed by atoms with Crippen LogP contribution in [0, 0.1) is 0 Å². The minimum absolute atomic E-state index is 0.209. The molecule has 0 aliphatic heterocycles. The minimum Gasteiger partial charge on any atom is -0.399 e. The number of anilines is 2. The Kier molecular flexibility index (Phi) is 3.24. The van der Waals surface area contributed by atoms with Crippen molar-refractivity contribution in [3.63, 3.8) is 0 Å².